The third-order valence-electron chi connectivity index (χ3n) is 5.08. The summed E-state index contributed by atoms with van der Waals surface area (Å²) in [6, 6.07) is 8.54. The van der Waals surface area contributed by atoms with E-state index in [1.807, 2.05) is 7.05 Å². The minimum absolute atomic E-state index is 0.0290. The summed E-state index contributed by atoms with van der Waals surface area (Å²) in [5, 5.41) is 3.55. The van der Waals surface area contributed by atoms with Crippen molar-refractivity contribution in [1.29, 1.82) is 0 Å². The molecular weight excluding hydrogens is 378 g/mol. The van der Waals surface area contributed by atoms with E-state index in [4.69, 9.17) is 4.74 Å². The van der Waals surface area contributed by atoms with Gasteiger partial charge in [-0.3, -0.25) is 4.99 Å². The van der Waals surface area contributed by atoms with Crippen LogP contribution in [0.5, 0.6) is 0 Å². The van der Waals surface area contributed by atoms with Crippen LogP contribution in [0.4, 0.5) is 0 Å². The number of nitrogens with zero attached hydrogens (tertiary/aromatic N) is 2. The Bertz CT molecular complexity index is 568. The third kappa shape index (κ3) is 6.30. The van der Waals surface area contributed by atoms with Crippen LogP contribution in [-0.2, 0) is 10.2 Å². The van der Waals surface area contributed by atoms with Crippen molar-refractivity contribution in [2.75, 3.05) is 40.4 Å². The van der Waals surface area contributed by atoms with Crippen LogP contribution in [0, 0.1) is 5.92 Å². The highest BCUT2D eigenvalue weighted by atomic mass is 79.9. The summed E-state index contributed by atoms with van der Waals surface area (Å²) in [4.78, 5) is 6.71. The minimum atomic E-state index is 0.0290. The lowest BCUT2D eigenvalue weighted by molar-refractivity contribution is 0.0625. The van der Waals surface area contributed by atoms with E-state index in [-0.39, 0.29) is 5.41 Å². The smallest absolute Gasteiger partial charge is 0.193 e. The summed E-state index contributed by atoms with van der Waals surface area (Å²) in [6.45, 7) is 8.23. The number of hydrogen-bond acceptors (Lipinski definition) is 2. The number of hydrogen-bond donors (Lipinski definition) is 1. The van der Waals surface area contributed by atoms with Gasteiger partial charge in [0.1, 0.15) is 0 Å². The monoisotopic (exact) mass is 409 g/mol. The van der Waals surface area contributed by atoms with Gasteiger partial charge in [0.2, 0.25) is 0 Å². The number of ether oxygens (including phenoxy) is 1. The molecule has 4 nitrogen and oxygen atoms in total. The Morgan fingerprint density at radius 1 is 1.36 bits per heavy atom. The van der Waals surface area contributed by atoms with Crippen LogP contribution in [0.1, 0.15) is 38.7 Å². The molecule has 0 bridgehead atoms. The van der Waals surface area contributed by atoms with Crippen molar-refractivity contribution in [2.45, 2.75) is 38.5 Å². The van der Waals surface area contributed by atoms with Crippen molar-refractivity contribution in [3.8, 4) is 0 Å². The number of rotatable bonds is 6. The fraction of sp³-hybridized carbons (Fsp3) is 0.650. The van der Waals surface area contributed by atoms with Gasteiger partial charge in [0.15, 0.2) is 5.96 Å². The highest BCUT2D eigenvalue weighted by molar-refractivity contribution is 9.10. The maximum atomic E-state index is 5.45. The molecule has 0 saturated carbocycles. The lowest BCUT2D eigenvalue weighted by Crippen LogP contribution is -2.44. The average Bonchev–Trinajstić information content (AvgIpc) is 2.61. The SMILES string of the molecule is CN=C(NCC(C)(C)c1cccc(Br)c1)N(C)CCC1CCOCC1. The van der Waals surface area contributed by atoms with Gasteiger partial charge in [-0.15, -0.1) is 0 Å². The Kier molecular flexibility index (Phi) is 7.76. The normalized spacial score (nSPS) is 16.8. The second kappa shape index (κ2) is 9.58. The first kappa shape index (κ1) is 20.2. The second-order valence-electron chi connectivity index (χ2n) is 7.56. The van der Waals surface area contributed by atoms with Crippen LogP contribution in [0.3, 0.4) is 0 Å². The quantitative estimate of drug-likeness (QED) is 0.568. The number of guanidine groups is 1. The molecule has 0 amide bonds. The molecule has 5 heteroatoms. The zero-order chi connectivity index (χ0) is 18.3. The van der Waals surface area contributed by atoms with Gasteiger partial charge in [-0.2, -0.15) is 0 Å². The summed E-state index contributed by atoms with van der Waals surface area (Å²) >= 11 is 3.57. The molecule has 1 aliphatic rings. The molecule has 1 aliphatic heterocycles. The number of aliphatic imine (C=N–C) groups is 1. The number of halogens is 1. The Morgan fingerprint density at radius 3 is 2.72 bits per heavy atom. The first-order chi connectivity index (χ1) is 11.9. The van der Waals surface area contributed by atoms with Gasteiger partial charge in [-0.25, -0.2) is 0 Å². The van der Waals surface area contributed by atoms with Crippen LogP contribution in [-0.4, -0.2) is 51.3 Å². The van der Waals surface area contributed by atoms with Gasteiger partial charge in [0.05, 0.1) is 0 Å². The number of benzene rings is 1. The van der Waals surface area contributed by atoms with E-state index in [1.165, 1.54) is 24.8 Å². The fourth-order valence-electron chi connectivity index (χ4n) is 3.21. The van der Waals surface area contributed by atoms with Crippen LogP contribution < -0.4 is 5.32 Å². The largest absolute Gasteiger partial charge is 0.381 e. The van der Waals surface area contributed by atoms with Crippen molar-refractivity contribution >= 4 is 21.9 Å². The molecule has 25 heavy (non-hydrogen) atoms. The predicted molar refractivity (Wildman–Crippen MR) is 109 cm³/mol. The van der Waals surface area contributed by atoms with Crippen molar-refractivity contribution < 1.29 is 4.74 Å². The Balaban J connectivity index is 1.85. The topological polar surface area (TPSA) is 36.9 Å². The predicted octanol–water partition coefficient (Wildman–Crippen LogP) is 4.05. The number of nitrogens with one attached hydrogen (secondary N) is 1. The summed E-state index contributed by atoms with van der Waals surface area (Å²) < 4.78 is 6.57. The average molecular weight is 410 g/mol. The lowest BCUT2D eigenvalue weighted by Gasteiger charge is -2.30. The maximum Gasteiger partial charge on any atom is 0.193 e. The van der Waals surface area contributed by atoms with Gasteiger partial charge < -0.3 is 15.0 Å². The molecule has 0 atom stereocenters. The van der Waals surface area contributed by atoms with Crippen LogP contribution >= 0.6 is 15.9 Å². The first-order valence-corrected chi connectivity index (χ1v) is 9.97. The van der Waals surface area contributed by atoms with E-state index in [1.54, 1.807) is 0 Å². The van der Waals surface area contributed by atoms with Crippen LogP contribution in [0.25, 0.3) is 0 Å². The maximum absolute atomic E-state index is 5.45. The zero-order valence-corrected chi connectivity index (χ0v) is 17.6. The van der Waals surface area contributed by atoms with Crippen LogP contribution in [0.15, 0.2) is 33.7 Å². The molecule has 0 aromatic heterocycles. The third-order valence-corrected chi connectivity index (χ3v) is 5.57. The molecule has 1 heterocycles. The Morgan fingerprint density at radius 2 is 2.08 bits per heavy atom. The fourth-order valence-corrected chi connectivity index (χ4v) is 3.61. The molecule has 0 radical (unpaired) electrons. The van der Waals surface area contributed by atoms with Gasteiger partial charge in [-0.05, 0) is 42.9 Å². The highest BCUT2D eigenvalue weighted by Gasteiger charge is 2.22. The molecule has 0 spiro atoms. The Labute approximate surface area is 161 Å². The molecule has 1 aromatic rings. The van der Waals surface area contributed by atoms with E-state index >= 15 is 0 Å². The van der Waals surface area contributed by atoms with Gasteiger partial charge >= 0.3 is 0 Å². The van der Waals surface area contributed by atoms with E-state index in [2.05, 4.69) is 76.3 Å². The minimum Gasteiger partial charge on any atom is -0.381 e. The summed E-state index contributed by atoms with van der Waals surface area (Å²) in [5.41, 5.74) is 1.34. The van der Waals surface area contributed by atoms with E-state index in [0.717, 1.165) is 42.7 Å². The highest BCUT2D eigenvalue weighted by Crippen LogP contribution is 2.25. The second-order valence-corrected chi connectivity index (χ2v) is 8.48. The van der Waals surface area contributed by atoms with E-state index in [0.29, 0.717) is 0 Å². The van der Waals surface area contributed by atoms with Gasteiger partial charge in [-0.1, -0.05) is 41.9 Å². The summed E-state index contributed by atoms with van der Waals surface area (Å²) in [7, 11) is 3.99. The van der Waals surface area contributed by atoms with Crippen molar-refractivity contribution in [3.05, 3.63) is 34.3 Å². The molecule has 1 aromatic carbocycles. The summed E-state index contributed by atoms with van der Waals surface area (Å²) in [5.74, 6) is 1.75. The van der Waals surface area contributed by atoms with Gasteiger partial charge in [0, 0.05) is 50.3 Å². The molecule has 1 N–H and O–H groups in total. The van der Waals surface area contributed by atoms with Crippen molar-refractivity contribution in [1.82, 2.24) is 10.2 Å². The molecule has 1 saturated heterocycles. The van der Waals surface area contributed by atoms with Gasteiger partial charge in [0.25, 0.3) is 0 Å². The molecule has 1 fully saturated rings. The van der Waals surface area contributed by atoms with E-state index < -0.39 is 0 Å². The first-order valence-electron chi connectivity index (χ1n) is 9.18. The molecule has 140 valence electrons. The van der Waals surface area contributed by atoms with E-state index in [9.17, 15) is 0 Å². The van der Waals surface area contributed by atoms with Crippen molar-refractivity contribution in [2.24, 2.45) is 10.9 Å². The Hall–Kier alpha value is -1.07. The lowest BCUT2D eigenvalue weighted by atomic mass is 9.85. The molecule has 0 unspecified atom stereocenters. The summed E-state index contributed by atoms with van der Waals surface area (Å²) in [6.07, 6.45) is 3.58. The standard InChI is InChI=1S/C20H32BrN3O/c1-20(2,17-6-5-7-18(21)14-17)15-23-19(22-3)24(4)11-8-16-9-12-25-13-10-16/h5-7,14,16H,8-13,15H2,1-4H3,(H,22,23). The molecule has 0 aliphatic carbocycles. The molecule has 2 rings (SSSR count). The van der Waals surface area contributed by atoms with Crippen LogP contribution in [0.2, 0.25) is 0 Å². The van der Waals surface area contributed by atoms with Crippen molar-refractivity contribution in [3.63, 3.8) is 0 Å². The zero-order valence-electron chi connectivity index (χ0n) is 16.0. The molecular formula is C20H32BrN3O.